The molecule has 2 aliphatic rings. The molecule has 1 heterocycles. The molecular weight excluding hydrogens is 155 g/mol. The molecule has 2 atom stereocenters. The van der Waals surface area contributed by atoms with Gasteiger partial charge in [-0.05, 0) is 44.2 Å². The minimum Gasteiger partial charge on any atom is -0.325 e. The number of halogens is 1. The monoisotopic (exact) mass is 172 g/mol. The lowest BCUT2D eigenvalue weighted by atomic mass is 9.75. The molecule has 1 aliphatic carbocycles. The first-order valence-electron chi connectivity index (χ1n) is 4.85. The van der Waals surface area contributed by atoms with Crippen LogP contribution < -0.4 is 11.1 Å². The summed E-state index contributed by atoms with van der Waals surface area (Å²) in [5.41, 5.74) is 6.03. The van der Waals surface area contributed by atoms with Crippen molar-refractivity contribution in [1.29, 1.82) is 0 Å². The Morgan fingerprint density at radius 2 is 1.92 bits per heavy atom. The largest absolute Gasteiger partial charge is 0.325 e. The maximum atomic E-state index is 13.2. The number of alkyl halides is 1. The number of nitrogens with one attached hydrogen (secondary N) is 1. The van der Waals surface area contributed by atoms with Gasteiger partial charge in [0.15, 0.2) is 0 Å². The summed E-state index contributed by atoms with van der Waals surface area (Å²) in [7, 11) is 0. The van der Waals surface area contributed by atoms with Crippen molar-refractivity contribution in [2.75, 3.05) is 13.1 Å². The van der Waals surface area contributed by atoms with Gasteiger partial charge in [-0.3, -0.25) is 0 Å². The van der Waals surface area contributed by atoms with Crippen LogP contribution in [0.25, 0.3) is 0 Å². The Morgan fingerprint density at radius 3 is 2.42 bits per heavy atom. The summed E-state index contributed by atoms with van der Waals surface area (Å²) < 4.78 is 13.2. The van der Waals surface area contributed by atoms with Crippen molar-refractivity contribution >= 4 is 0 Å². The molecule has 2 fully saturated rings. The van der Waals surface area contributed by atoms with Crippen LogP contribution in [-0.4, -0.2) is 25.3 Å². The molecular formula is C9H17FN2. The fourth-order valence-corrected chi connectivity index (χ4v) is 2.66. The number of hydrogen-bond donors (Lipinski definition) is 2. The van der Waals surface area contributed by atoms with Gasteiger partial charge in [-0.15, -0.1) is 0 Å². The minimum atomic E-state index is -0.747. The highest BCUT2D eigenvalue weighted by Gasteiger charge is 2.46. The molecule has 0 unspecified atom stereocenters. The molecule has 12 heavy (non-hydrogen) atoms. The molecule has 0 amide bonds. The van der Waals surface area contributed by atoms with E-state index in [1.54, 1.807) is 0 Å². The number of nitrogens with two attached hydrogens (primary N) is 1. The van der Waals surface area contributed by atoms with Gasteiger partial charge in [-0.25, -0.2) is 4.39 Å². The molecule has 1 aliphatic heterocycles. The van der Waals surface area contributed by atoms with E-state index in [9.17, 15) is 4.39 Å². The average molecular weight is 172 g/mol. The molecule has 2 nitrogen and oxygen atoms in total. The van der Waals surface area contributed by atoms with E-state index in [1.165, 1.54) is 0 Å². The van der Waals surface area contributed by atoms with Crippen LogP contribution in [-0.2, 0) is 0 Å². The van der Waals surface area contributed by atoms with Crippen LogP contribution in [0.1, 0.15) is 25.7 Å². The zero-order valence-corrected chi connectivity index (χ0v) is 7.35. The summed E-state index contributed by atoms with van der Waals surface area (Å²) in [5, 5.41) is 3.29. The maximum Gasteiger partial charge on any atom is 0.116 e. The van der Waals surface area contributed by atoms with Crippen molar-refractivity contribution in [2.24, 2.45) is 11.1 Å². The molecule has 0 aromatic rings. The van der Waals surface area contributed by atoms with Crippen molar-refractivity contribution in [2.45, 2.75) is 37.9 Å². The molecule has 0 aromatic heterocycles. The van der Waals surface area contributed by atoms with Gasteiger partial charge in [0.25, 0.3) is 0 Å². The van der Waals surface area contributed by atoms with Crippen LogP contribution in [0.4, 0.5) is 4.39 Å². The van der Waals surface area contributed by atoms with E-state index >= 15 is 0 Å². The van der Waals surface area contributed by atoms with Gasteiger partial charge < -0.3 is 11.1 Å². The first-order valence-corrected chi connectivity index (χ1v) is 4.85. The molecule has 0 radical (unpaired) electrons. The van der Waals surface area contributed by atoms with E-state index in [1.807, 2.05) is 0 Å². The standard InChI is InChI=1S/C9H17FN2/c10-7-1-2-9(8(7)11)3-5-12-6-4-9/h7-8,12H,1-6,11H2/t7-,8-/m0/s1. The third-order valence-corrected chi connectivity index (χ3v) is 3.61. The Balaban J connectivity index is 2.09. The van der Waals surface area contributed by atoms with Gasteiger partial charge in [0.05, 0.1) is 0 Å². The average Bonchev–Trinajstić information content (AvgIpc) is 2.37. The Hall–Kier alpha value is -0.150. The highest BCUT2D eigenvalue weighted by atomic mass is 19.1. The third-order valence-electron chi connectivity index (χ3n) is 3.61. The molecule has 1 saturated heterocycles. The van der Waals surface area contributed by atoms with Crippen molar-refractivity contribution < 1.29 is 4.39 Å². The van der Waals surface area contributed by atoms with Crippen LogP contribution in [0.3, 0.4) is 0 Å². The molecule has 3 heteroatoms. The molecule has 0 bridgehead atoms. The summed E-state index contributed by atoms with van der Waals surface area (Å²) in [6, 6.07) is -0.195. The fraction of sp³-hybridized carbons (Fsp3) is 1.00. The summed E-state index contributed by atoms with van der Waals surface area (Å²) in [5.74, 6) is 0. The summed E-state index contributed by atoms with van der Waals surface area (Å²) in [6.45, 7) is 2.03. The molecule has 3 N–H and O–H groups in total. The number of rotatable bonds is 0. The summed E-state index contributed by atoms with van der Waals surface area (Å²) >= 11 is 0. The second-order valence-corrected chi connectivity index (χ2v) is 4.19. The van der Waals surface area contributed by atoms with E-state index in [0.717, 1.165) is 32.4 Å². The smallest absolute Gasteiger partial charge is 0.116 e. The van der Waals surface area contributed by atoms with Crippen molar-refractivity contribution in [3.8, 4) is 0 Å². The fourth-order valence-electron chi connectivity index (χ4n) is 2.66. The maximum absolute atomic E-state index is 13.2. The first-order chi connectivity index (χ1) is 5.75. The predicted octanol–water partition coefficient (Wildman–Crippen LogP) is 0.815. The summed E-state index contributed by atoms with van der Waals surface area (Å²) in [6.07, 6.45) is 3.06. The van der Waals surface area contributed by atoms with Crippen LogP contribution >= 0.6 is 0 Å². The van der Waals surface area contributed by atoms with Gasteiger partial charge in [-0.2, -0.15) is 0 Å². The van der Waals surface area contributed by atoms with E-state index in [-0.39, 0.29) is 11.5 Å². The predicted molar refractivity (Wildman–Crippen MR) is 46.6 cm³/mol. The number of hydrogen-bond acceptors (Lipinski definition) is 2. The lowest BCUT2D eigenvalue weighted by Crippen LogP contribution is -2.47. The third kappa shape index (κ3) is 1.15. The quantitative estimate of drug-likeness (QED) is 0.567. The van der Waals surface area contributed by atoms with E-state index in [4.69, 9.17) is 5.73 Å². The topological polar surface area (TPSA) is 38.0 Å². The molecule has 1 saturated carbocycles. The Kier molecular flexibility index (Phi) is 2.09. The number of piperidine rings is 1. The van der Waals surface area contributed by atoms with E-state index in [0.29, 0.717) is 6.42 Å². The van der Waals surface area contributed by atoms with E-state index < -0.39 is 6.17 Å². The first kappa shape index (κ1) is 8.45. The zero-order chi connectivity index (χ0) is 8.60. The van der Waals surface area contributed by atoms with Crippen molar-refractivity contribution in [3.63, 3.8) is 0 Å². The molecule has 2 rings (SSSR count). The van der Waals surface area contributed by atoms with Gasteiger partial charge in [0, 0.05) is 6.04 Å². The summed E-state index contributed by atoms with van der Waals surface area (Å²) in [4.78, 5) is 0. The Morgan fingerprint density at radius 1 is 1.25 bits per heavy atom. The van der Waals surface area contributed by atoms with Crippen LogP contribution in [0.5, 0.6) is 0 Å². The second-order valence-electron chi connectivity index (χ2n) is 4.19. The van der Waals surface area contributed by atoms with Crippen LogP contribution in [0.15, 0.2) is 0 Å². The Bertz CT molecular complexity index is 160. The van der Waals surface area contributed by atoms with Crippen molar-refractivity contribution in [1.82, 2.24) is 5.32 Å². The lowest BCUT2D eigenvalue weighted by Gasteiger charge is -2.37. The van der Waals surface area contributed by atoms with Crippen LogP contribution in [0.2, 0.25) is 0 Å². The van der Waals surface area contributed by atoms with Gasteiger partial charge in [-0.1, -0.05) is 0 Å². The molecule has 1 spiro atoms. The SMILES string of the molecule is N[C@H]1[C@@H](F)CCC12CCNCC2. The minimum absolute atomic E-state index is 0.144. The van der Waals surface area contributed by atoms with Gasteiger partial charge >= 0.3 is 0 Å². The Labute approximate surface area is 72.7 Å². The molecule has 0 aromatic carbocycles. The van der Waals surface area contributed by atoms with Gasteiger partial charge in [0.1, 0.15) is 6.17 Å². The second kappa shape index (κ2) is 2.96. The van der Waals surface area contributed by atoms with Crippen LogP contribution in [0, 0.1) is 5.41 Å². The highest BCUT2D eigenvalue weighted by Crippen LogP contribution is 2.45. The van der Waals surface area contributed by atoms with Crippen molar-refractivity contribution in [3.05, 3.63) is 0 Å². The zero-order valence-electron chi connectivity index (χ0n) is 7.35. The highest BCUT2D eigenvalue weighted by molar-refractivity contribution is 5.01. The van der Waals surface area contributed by atoms with Gasteiger partial charge in [0.2, 0.25) is 0 Å². The molecule has 70 valence electrons. The lowest BCUT2D eigenvalue weighted by molar-refractivity contribution is 0.157. The normalized spacial score (nSPS) is 40.5. The van der Waals surface area contributed by atoms with E-state index in [2.05, 4.69) is 5.32 Å².